The van der Waals surface area contributed by atoms with Crippen molar-refractivity contribution in [1.29, 1.82) is 0 Å². The van der Waals surface area contributed by atoms with E-state index >= 15 is 0 Å². The van der Waals surface area contributed by atoms with Crippen LogP contribution < -0.4 is 5.56 Å². The minimum atomic E-state index is -0.278. The molecule has 6 nitrogen and oxygen atoms in total. The van der Waals surface area contributed by atoms with Gasteiger partial charge in [-0.3, -0.25) is 14.2 Å². The van der Waals surface area contributed by atoms with Crippen LogP contribution in [0.5, 0.6) is 0 Å². The van der Waals surface area contributed by atoms with Crippen LogP contribution in [0.3, 0.4) is 0 Å². The highest BCUT2D eigenvalue weighted by Crippen LogP contribution is 2.38. The van der Waals surface area contributed by atoms with E-state index in [1.807, 2.05) is 30.3 Å². The first-order valence-electron chi connectivity index (χ1n) is 12.0. The maximum atomic E-state index is 13.8. The molecule has 34 heavy (non-hydrogen) atoms. The van der Waals surface area contributed by atoms with Crippen molar-refractivity contribution in [3.8, 4) is 0 Å². The second-order valence-electron chi connectivity index (χ2n) is 8.94. The molecule has 1 aromatic carbocycles. The molecule has 1 atom stereocenters. The molecular weight excluding hydrogens is 468 g/mol. The van der Waals surface area contributed by atoms with Gasteiger partial charge in [0, 0.05) is 11.3 Å². The smallest absolute Gasteiger partial charge is 0.316 e. The summed E-state index contributed by atoms with van der Waals surface area (Å²) in [5.74, 6) is -0.152. The quantitative estimate of drug-likeness (QED) is 0.157. The first-order chi connectivity index (χ1) is 16.4. The summed E-state index contributed by atoms with van der Waals surface area (Å²) in [6.07, 6.45) is 4.57. The third-order valence-corrected chi connectivity index (χ3v) is 8.37. The van der Waals surface area contributed by atoms with Crippen LogP contribution in [0.4, 0.5) is 0 Å². The summed E-state index contributed by atoms with van der Waals surface area (Å²) in [6, 6.07) is 9.88. The predicted octanol–water partition coefficient (Wildman–Crippen LogP) is 5.57. The van der Waals surface area contributed by atoms with Gasteiger partial charge in [0.2, 0.25) is 0 Å². The first kappa shape index (κ1) is 24.9. The fraction of sp³-hybridized carbons (Fsp3) is 0.500. The summed E-state index contributed by atoms with van der Waals surface area (Å²) in [5.41, 5.74) is 1.76. The van der Waals surface area contributed by atoms with Gasteiger partial charge in [0.25, 0.3) is 5.56 Å². The SMILES string of the molecule is CCCCCOC(=O)CSc1nc2sc3c(c2c(=O)n1Cc1ccccc1)C[C@@](C)(CC)OC3. The maximum Gasteiger partial charge on any atom is 0.316 e. The molecule has 0 unspecified atom stereocenters. The number of benzene rings is 1. The normalized spacial score (nSPS) is 17.6. The van der Waals surface area contributed by atoms with Gasteiger partial charge in [-0.25, -0.2) is 4.98 Å². The number of ether oxygens (including phenoxy) is 2. The largest absolute Gasteiger partial charge is 0.465 e. The zero-order valence-electron chi connectivity index (χ0n) is 20.1. The molecule has 3 heterocycles. The Bertz CT molecular complexity index is 1200. The summed E-state index contributed by atoms with van der Waals surface area (Å²) < 4.78 is 13.2. The lowest BCUT2D eigenvalue weighted by Gasteiger charge is -2.32. The Morgan fingerprint density at radius 1 is 1.26 bits per heavy atom. The lowest BCUT2D eigenvalue weighted by atomic mass is 9.90. The van der Waals surface area contributed by atoms with Gasteiger partial charge >= 0.3 is 5.97 Å². The molecule has 8 heteroatoms. The lowest BCUT2D eigenvalue weighted by Crippen LogP contribution is -2.34. The Balaban J connectivity index is 1.67. The van der Waals surface area contributed by atoms with Crippen LogP contribution in [0.1, 0.15) is 62.5 Å². The van der Waals surface area contributed by atoms with Gasteiger partial charge in [-0.1, -0.05) is 68.8 Å². The molecule has 3 aromatic rings. The lowest BCUT2D eigenvalue weighted by molar-refractivity contribution is -0.140. The summed E-state index contributed by atoms with van der Waals surface area (Å²) in [7, 11) is 0. The van der Waals surface area contributed by atoms with E-state index in [9.17, 15) is 9.59 Å². The van der Waals surface area contributed by atoms with Crippen LogP contribution in [0.25, 0.3) is 10.2 Å². The number of hydrogen-bond donors (Lipinski definition) is 0. The first-order valence-corrected chi connectivity index (χ1v) is 13.8. The monoisotopic (exact) mass is 500 g/mol. The van der Waals surface area contributed by atoms with Crippen molar-refractivity contribution in [2.24, 2.45) is 0 Å². The molecule has 0 saturated carbocycles. The molecule has 0 amide bonds. The molecule has 1 aliphatic rings. The Morgan fingerprint density at radius 2 is 2.06 bits per heavy atom. The van der Waals surface area contributed by atoms with Crippen molar-refractivity contribution in [2.75, 3.05) is 12.4 Å². The highest BCUT2D eigenvalue weighted by Gasteiger charge is 2.33. The zero-order valence-corrected chi connectivity index (χ0v) is 21.7. The van der Waals surface area contributed by atoms with Crippen LogP contribution >= 0.6 is 23.1 Å². The Morgan fingerprint density at radius 3 is 2.79 bits per heavy atom. The zero-order chi connectivity index (χ0) is 24.1. The molecule has 2 aromatic heterocycles. The molecular formula is C26H32N2O4S2. The van der Waals surface area contributed by atoms with Crippen LogP contribution in [-0.4, -0.2) is 33.5 Å². The number of thioether (sulfide) groups is 1. The van der Waals surface area contributed by atoms with Crippen molar-refractivity contribution in [1.82, 2.24) is 9.55 Å². The highest BCUT2D eigenvalue weighted by molar-refractivity contribution is 7.99. The third-order valence-electron chi connectivity index (χ3n) is 6.32. The molecule has 0 spiro atoms. The van der Waals surface area contributed by atoms with E-state index in [0.29, 0.717) is 36.7 Å². The van der Waals surface area contributed by atoms with Crippen LogP contribution in [0, 0.1) is 0 Å². The number of nitrogens with zero attached hydrogens (tertiary/aromatic N) is 2. The summed E-state index contributed by atoms with van der Waals surface area (Å²) in [4.78, 5) is 32.8. The van der Waals surface area contributed by atoms with Crippen molar-refractivity contribution in [2.45, 2.75) is 76.8 Å². The van der Waals surface area contributed by atoms with Crippen molar-refractivity contribution in [3.05, 3.63) is 56.7 Å². The number of hydrogen-bond acceptors (Lipinski definition) is 7. The fourth-order valence-corrected chi connectivity index (χ4v) is 6.02. The Labute approximate surface area is 208 Å². The number of rotatable bonds is 10. The molecule has 0 bridgehead atoms. The third kappa shape index (κ3) is 5.56. The van der Waals surface area contributed by atoms with Gasteiger partial charge in [0.15, 0.2) is 5.16 Å². The minimum Gasteiger partial charge on any atom is -0.465 e. The molecule has 0 radical (unpaired) electrons. The fourth-order valence-electron chi connectivity index (χ4n) is 4.08. The topological polar surface area (TPSA) is 70.4 Å². The van der Waals surface area contributed by atoms with Crippen LogP contribution in [0.15, 0.2) is 40.3 Å². The average Bonchev–Trinajstić information content (AvgIpc) is 3.20. The van der Waals surface area contributed by atoms with Crippen LogP contribution in [-0.2, 0) is 33.8 Å². The van der Waals surface area contributed by atoms with Gasteiger partial charge < -0.3 is 9.47 Å². The van der Waals surface area contributed by atoms with E-state index in [1.165, 1.54) is 23.1 Å². The molecule has 1 aliphatic heterocycles. The molecule has 0 aliphatic carbocycles. The van der Waals surface area contributed by atoms with Crippen molar-refractivity contribution < 1.29 is 14.3 Å². The van der Waals surface area contributed by atoms with Gasteiger partial charge in [-0.2, -0.15) is 0 Å². The summed E-state index contributed by atoms with van der Waals surface area (Å²) in [5, 5.41) is 1.25. The standard InChI is InChI=1S/C26H32N2O4S2/c1-4-6-10-13-31-21(29)17-33-25-27-23-22(19-14-26(3,5-2)32-16-20(19)34-23)24(30)28(25)15-18-11-8-7-9-12-18/h7-9,11-12H,4-6,10,13-17H2,1-3H3/t26-/m1/s1. The number of carbonyl (C=O) groups is 1. The van der Waals surface area contributed by atoms with Gasteiger partial charge in [-0.15, -0.1) is 11.3 Å². The second kappa shape index (κ2) is 11.1. The number of unbranched alkanes of at least 4 members (excludes halogenated alkanes) is 2. The second-order valence-corrected chi connectivity index (χ2v) is 11.0. The minimum absolute atomic E-state index is 0.0504. The van der Waals surface area contributed by atoms with Gasteiger partial charge in [0.1, 0.15) is 4.83 Å². The molecule has 0 fully saturated rings. The van der Waals surface area contributed by atoms with E-state index in [4.69, 9.17) is 14.5 Å². The summed E-state index contributed by atoms with van der Waals surface area (Å²) >= 11 is 2.80. The number of esters is 1. The average molecular weight is 501 g/mol. The molecule has 0 N–H and O–H groups in total. The molecule has 182 valence electrons. The Hall–Kier alpha value is -2.16. The van der Waals surface area contributed by atoms with E-state index < -0.39 is 0 Å². The predicted molar refractivity (Wildman–Crippen MR) is 138 cm³/mol. The molecule has 4 rings (SSSR count). The summed E-state index contributed by atoms with van der Waals surface area (Å²) in [6.45, 7) is 7.68. The number of thiophene rings is 1. The van der Waals surface area contributed by atoms with Crippen LogP contribution in [0.2, 0.25) is 0 Å². The highest BCUT2D eigenvalue weighted by atomic mass is 32.2. The van der Waals surface area contributed by atoms with Crippen molar-refractivity contribution >= 4 is 39.3 Å². The van der Waals surface area contributed by atoms with Crippen molar-refractivity contribution in [3.63, 3.8) is 0 Å². The number of fused-ring (bicyclic) bond motifs is 3. The van der Waals surface area contributed by atoms with E-state index in [2.05, 4.69) is 20.8 Å². The van der Waals surface area contributed by atoms with Gasteiger partial charge in [0.05, 0.1) is 36.5 Å². The molecule has 0 saturated heterocycles. The Kier molecular flexibility index (Phi) is 8.11. The maximum absolute atomic E-state index is 13.8. The number of carbonyl (C=O) groups excluding carboxylic acids is 1. The van der Waals surface area contributed by atoms with E-state index in [1.54, 1.807) is 4.57 Å². The van der Waals surface area contributed by atoms with Gasteiger partial charge in [-0.05, 0) is 30.9 Å². The van der Waals surface area contributed by atoms with E-state index in [0.717, 1.165) is 46.5 Å². The van der Waals surface area contributed by atoms with E-state index in [-0.39, 0.29) is 22.9 Å². The number of aromatic nitrogens is 2.